The van der Waals surface area contributed by atoms with Crippen LogP contribution in [0.1, 0.15) is 22.7 Å². The van der Waals surface area contributed by atoms with E-state index in [-0.39, 0.29) is 16.7 Å². The molecule has 1 aliphatic heterocycles. The summed E-state index contributed by atoms with van der Waals surface area (Å²) in [5, 5.41) is 12.4. The number of nitrogens with zero attached hydrogens (tertiary/aromatic N) is 2. The zero-order valence-corrected chi connectivity index (χ0v) is 15.2. The minimum absolute atomic E-state index is 0.00287. The number of benzene rings is 3. The highest BCUT2D eigenvalue weighted by molar-refractivity contribution is 5.91. The molecule has 5 rings (SSSR count). The average molecular weight is 369 g/mol. The van der Waals surface area contributed by atoms with Crippen LogP contribution in [-0.2, 0) is 6.42 Å². The first-order valence-electron chi connectivity index (χ1n) is 9.38. The Bertz CT molecular complexity index is 1170. The first-order chi connectivity index (χ1) is 13.7. The summed E-state index contributed by atoms with van der Waals surface area (Å²) in [5.41, 5.74) is 5.50. The van der Waals surface area contributed by atoms with Crippen molar-refractivity contribution in [2.24, 2.45) is 0 Å². The van der Waals surface area contributed by atoms with Crippen molar-refractivity contribution in [1.82, 2.24) is 4.98 Å². The second kappa shape index (κ2) is 6.53. The Balaban J connectivity index is 1.74. The average Bonchev–Trinajstić information content (AvgIpc) is 3.17. The Morgan fingerprint density at radius 1 is 0.929 bits per heavy atom. The number of hydrogen-bond donors (Lipinski definition) is 1. The third-order valence-electron chi connectivity index (χ3n) is 5.59. The number of anilines is 1. The number of nitrogens with one attached hydrogen (secondary N) is 1. The molecular formula is C23H19N3O2. The van der Waals surface area contributed by atoms with Crippen molar-refractivity contribution in [2.75, 3.05) is 11.4 Å². The normalized spacial score (nSPS) is 16.1. The monoisotopic (exact) mass is 369 g/mol. The lowest BCUT2D eigenvalue weighted by Crippen LogP contribution is -2.36. The third kappa shape index (κ3) is 2.55. The van der Waals surface area contributed by atoms with Crippen molar-refractivity contribution in [1.29, 1.82) is 0 Å². The second-order valence-corrected chi connectivity index (χ2v) is 7.08. The minimum Gasteiger partial charge on any atom is -0.360 e. The summed E-state index contributed by atoms with van der Waals surface area (Å²) in [6, 6.07) is 24.1. The molecule has 5 heteroatoms. The molecule has 1 unspecified atom stereocenters. The van der Waals surface area contributed by atoms with Crippen LogP contribution in [0.15, 0.2) is 79.0 Å². The van der Waals surface area contributed by atoms with E-state index in [1.54, 1.807) is 12.1 Å². The summed E-state index contributed by atoms with van der Waals surface area (Å²) in [7, 11) is 0. The van der Waals surface area contributed by atoms with E-state index in [0.717, 1.165) is 29.6 Å². The van der Waals surface area contributed by atoms with Gasteiger partial charge in [-0.25, -0.2) is 0 Å². The molecular weight excluding hydrogens is 350 g/mol. The van der Waals surface area contributed by atoms with Gasteiger partial charge in [0.25, 0.3) is 5.69 Å². The van der Waals surface area contributed by atoms with Gasteiger partial charge in [0.15, 0.2) is 0 Å². The Morgan fingerprint density at radius 2 is 1.71 bits per heavy atom. The van der Waals surface area contributed by atoms with Crippen LogP contribution in [-0.4, -0.2) is 16.5 Å². The maximum Gasteiger partial charge on any atom is 0.293 e. The first kappa shape index (κ1) is 16.6. The molecule has 0 radical (unpaired) electrons. The highest BCUT2D eigenvalue weighted by Gasteiger charge is 2.31. The van der Waals surface area contributed by atoms with Crippen molar-refractivity contribution < 1.29 is 4.92 Å². The van der Waals surface area contributed by atoms with E-state index in [9.17, 15) is 10.1 Å². The molecule has 0 bridgehead atoms. The van der Waals surface area contributed by atoms with Gasteiger partial charge >= 0.3 is 0 Å². The van der Waals surface area contributed by atoms with E-state index < -0.39 is 0 Å². The molecule has 1 aromatic heterocycles. The van der Waals surface area contributed by atoms with Crippen LogP contribution < -0.4 is 4.90 Å². The number of H-pyrrole nitrogens is 1. The predicted molar refractivity (Wildman–Crippen MR) is 111 cm³/mol. The van der Waals surface area contributed by atoms with Gasteiger partial charge in [0, 0.05) is 35.4 Å². The van der Waals surface area contributed by atoms with Gasteiger partial charge in [-0.3, -0.25) is 10.1 Å². The quantitative estimate of drug-likeness (QED) is 0.397. The topological polar surface area (TPSA) is 62.2 Å². The van der Waals surface area contributed by atoms with Crippen LogP contribution >= 0.6 is 0 Å². The highest BCUT2D eigenvalue weighted by atomic mass is 16.6. The lowest BCUT2D eigenvalue weighted by Gasteiger charge is -2.39. The molecule has 28 heavy (non-hydrogen) atoms. The van der Waals surface area contributed by atoms with Gasteiger partial charge in [0.1, 0.15) is 5.52 Å². The lowest BCUT2D eigenvalue weighted by molar-refractivity contribution is -0.383. The van der Waals surface area contributed by atoms with Crippen molar-refractivity contribution >= 4 is 22.3 Å². The van der Waals surface area contributed by atoms with Crippen LogP contribution in [0.3, 0.4) is 0 Å². The number of aromatic amines is 1. The second-order valence-electron chi connectivity index (χ2n) is 7.08. The molecule has 2 heterocycles. The zero-order valence-electron chi connectivity index (χ0n) is 15.2. The molecule has 4 aromatic rings. The number of aromatic nitrogens is 1. The van der Waals surface area contributed by atoms with Crippen LogP contribution in [0.25, 0.3) is 10.9 Å². The number of non-ortho nitro benzene ring substituents is 1. The van der Waals surface area contributed by atoms with Crippen molar-refractivity contribution in [3.63, 3.8) is 0 Å². The minimum atomic E-state index is -0.327. The van der Waals surface area contributed by atoms with Crippen molar-refractivity contribution in [3.8, 4) is 0 Å². The molecule has 0 fully saturated rings. The van der Waals surface area contributed by atoms with Gasteiger partial charge in [0.05, 0.1) is 11.0 Å². The van der Waals surface area contributed by atoms with E-state index in [1.165, 1.54) is 11.1 Å². The Morgan fingerprint density at radius 3 is 2.54 bits per heavy atom. The Kier molecular flexibility index (Phi) is 3.86. The molecule has 0 spiro atoms. The van der Waals surface area contributed by atoms with E-state index in [4.69, 9.17) is 0 Å². The van der Waals surface area contributed by atoms with E-state index in [1.807, 2.05) is 30.5 Å². The molecule has 1 aliphatic rings. The van der Waals surface area contributed by atoms with Crippen LogP contribution in [0.5, 0.6) is 0 Å². The van der Waals surface area contributed by atoms with E-state index in [0.29, 0.717) is 5.52 Å². The highest BCUT2D eigenvalue weighted by Crippen LogP contribution is 2.41. The van der Waals surface area contributed by atoms with Gasteiger partial charge in [0.2, 0.25) is 0 Å². The van der Waals surface area contributed by atoms with Gasteiger partial charge in [-0.15, -0.1) is 0 Å². The van der Waals surface area contributed by atoms with Crippen molar-refractivity contribution in [2.45, 2.75) is 12.5 Å². The molecule has 3 aromatic carbocycles. The molecule has 0 amide bonds. The summed E-state index contributed by atoms with van der Waals surface area (Å²) in [4.78, 5) is 16.7. The fourth-order valence-electron chi connectivity index (χ4n) is 4.34. The smallest absolute Gasteiger partial charge is 0.293 e. The molecule has 0 saturated heterocycles. The van der Waals surface area contributed by atoms with E-state index in [2.05, 4.69) is 46.3 Å². The van der Waals surface area contributed by atoms with Gasteiger partial charge in [-0.05, 0) is 29.7 Å². The summed E-state index contributed by atoms with van der Waals surface area (Å²) in [6.07, 6.45) is 2.91. The lowest BCUT2D eigenvalue weighted by atomic mass is 9.87. The number of nitro groups is 1. The van der Waals surface area contributed by atoms with Crippen LogP contribution in [0.2, 0.25) is 0 Å². The molecule has 5 nitrogen and oxygen atoms in total. The maximum absolute atomic E-state index is 11.5. The fraction of sp³-hybridized carbons (Fsp3) is 0.130. The zero-order chi connectivity index (χ0) is 19.1. The Hall–Kier alpha value is -3.60. The van der Waals surface area contributed by atoms with Gasteiger partial charge < -0.3 is 9.88 Å². The third-order valence-corrected chi connectivity index (χ3v) is 5.59. The fourth-order valence-corrected chi connectivity index (χ4v) is 4.34. The number of para-hydroxylation sites is 2. The molecule has 138 valence electrons. The molecule has 1 atom stereocenters. The standard InChI is InChI=1S/C23H19N3O2/c27-26(28)21-12-6-11-19-20(15-24-22(19)21)23-18-10-5-4-7-16(18)13-14-25(23)17-8-2-1-3-9-17/h1-12,15,23-24H,13-14H2. The summed E-state index contributed by atoms with van der Waals surface area (Å²) in [6.45, 7) is 0.896. The van der Waals surface area contributed by atoms with Crippen LogP contribution in [0, 0.1) is 10.1 Å². The number of nitro benzene ring substituents is 1. The SMILES string of the molecule is O=[N+]([O-])c1cccc2c(C3c4ccccc4CCN3c3ccccc3)c[nH]c12. The number of rotatable bonds is 3. The summed E-state index contributed by atoms with van der Waals surface area (Å²) in [5.74, 6) is 0. The molecule has 0 aliphatic carbocycles. The van der Waals surface area contributed by atoms with E-state index >= 15 is 0 Å². The largest absolute Gasteiger partial charge is 0.360 e. The van der Waals surface area contributed by atoms with Crippen LogP contribution in [0.4, 0.5) is 11.4 Å². The number of fused-ring (bicyclic) bond motifs is 2. The van der Waals surface area contributed by atoms with Gasteiger partial charge in [-0.2, -0.15) is 0 Å². The Labute approximate surface area is 162 Å². The summed E-state index contributed by atoms with van der Waals surface area (Å²) >= 11 is 0. The summed E-state index contributed by atoms with van der Waals surface area (Å²) < 4.78 is 0. The predicted octanol–water partition coefficient (Wildman–Crippen LogP) is 5.23. The van der Waals surface area contributed by atoms with Gasteiger partial charge in [-0.1, -0.05) is 54.6 Å². The molecule has 0 saturated carbocycles. The maximum atomic E-state index is 11.5. The number of hydrogen-bond acceptors (Lipinski definition) is 3. The molecule has 1 N–H and O–H groups in total. The first-order valence-corrected chi connectivity index (χ1v) is 9.38. The van der Waals surface area contributed by atoms with Crippen molar-refractivity contribution in [3.05, 3.63) is 106 Å².